The Balaban J connectivity index is 1.94. The standard InChI is InChI=1S/C14H17F3N2O2S/c15-14(16,17)8-2-1-3-9(6-8)22(20,21)13-10-4-5-12(18)11(10)7-19-13/h1-3,6,10-13,19H,4-5,7,18H2. The monoisotopic (exact) mass is 334 g/mol. The van der Waals surface area contributed by atoms with Crippen LogP contribution in [0.25, 0.3) is 0 Å². The van der Waals surface area contributed by atoms with E-state index in [-0.39, 0.29) is 22.8 Å². The third kappa shape index (κ3) is 2.53. The van der Waals surface area contributed by atoms with Crippen LogP contribution in [0.1, 0.15) is 18.4 Å². The second-order valence-electron chi connectivity index (χ2n) is 5.97. The summed E-state index contributed by atoms with van der Waals surface area (Å²) in [7, 11) is -3.87. The van der Waals surface area contributed by atoms with E-state index in [0.29, 0.717) is 19.0 Å². The number of benzene rings is 1. The number of hydrogen-bond acceptors (Lipinski definition) is 4. The number of nitrogens with one attached hydrogen (secondary N) is 1. The van der Waals surface area contributed by atoms with E-state index in [2.05, 4.69) is 5.32 Å². The minimum atomic E-state index is -4.56. The molecule has 1 saturated heterocycles. The Kier molecular flexibility index (Phi) is 3.73. The Labute approximate surface area is 126 Å². The zero-order chi connectivity index (χ0) is 16.1. The van der Waals surface area contributed by atoms with Gasteiger partial charge in [-0.3, -0.25) is 0 Å². The normalized spacial score (nSPS) is 32.2. The fourth-order valence-electron chi connectivity index (χ4n) is 3.55. The van der Waals surface area contributed by atoms with Gasteiger partial charge in [0.2, 0.25) is 0 Å². The maximum Gasteiger partial charge on any atom is 0.416 e. The van der Waals surface area contributed by atoms with Crippen LogP contribution in [0.4, 0.5) is 13.2 Å². The number of nitrogens with two attached hydrogens (primary N) is 1. The summed E-state index contributed by atoms with van der Waals surface area (Å²) < 4.78 is 63.7. The number of sulfone groups is 1. The van der Waals surface area contributed by atoms with Crippen molar-refractivity contribution in [1.82, 2.24) is 5.32 Å². The molecule has 0 spiro atoms. The van der Waals surface area contributed by atoms with Crippen molar-refractivity contribution in [2.45, 2.75) is 35.3 Å². The van der Waals surface area contributed by atoms with Crippen molar-refractivity contribution < 1.29 is 21.6 Å². The Morgan fingerprint density at radius 3 is 2.59 bits per heavy atom. The van der Waals surface area contributed by atoms with Gasteiger partial charge in [-0.2, -0.15) is 13.2 Å². The molecule has 4 nitrogen and oxygen atoms in total. The summed E-state index contributed by atoms with van der Waals surface area (Å²) in [5.41, 5.74) is 5.01. The van der Waals surface area contributed by atoms with E-state index in [0.717, 1.165) is 18.6 Å². The molecule has 1 aromatic carbocycles. The molecule has 8 heteroatoms. The highest BCUT2D eigenvalue weighted by Gasteiger charge is 2.49. The molecule has 22 heavy (non-hydrogen) atoms. The molecule has 1 aliphatic heterocycles. The molecular weight excluding hydrogens is 317 g/mol. The number of rotatable bonds is 2. The van der Waals surface area contributed by atoms with E-state index in [4.69, 9.17) is 5.73 Å². The van der Waals surface area contributed by atoms with Crippen LogP contribution >= 0.6 is 0 Å². The molecule has 0 radical (unpaired) electrons. The van der Waals surface area contributed by atoms with Crippen molar-refractivity contribution in [3.8, 4) is 0 Å². The molecule has 0 bridgehead atoms. The summed E-state index contributed by atoms with van der Waals surface area (Å²) in [5.74, 6) is -0.0554. The minimum Gasteiger partial charge on any atom is -0.327 e. The van der Waals surface area contributed by atoms with Gasteiger partial charge in [-0.15, -0.1) is 0 Å². The lowest BCUT2D eigenvalue weighted by Crippen LogP contribution is -2.35. The quantitative estimate of drug-likeness (QED) is 0.864. The van der Waals surface area contributed by atoms with E-state index in [1.54, 1.807) is 0 Å². The van der Waals surface area contributed by atoms with E-state index in [1.807, 2.05) is 0 Å². The molecule has 122 valence electrons. The Hall–Kier alpha value is -1.12. The number of fused-ring (bicyclic) bond motifs is 1. The van der Waals surface area contributed by atoms with E-state index in [9.17, 15) is 21.6 Å². The summed E-state index contributed by atoms with van der Waals surface area (Å²) in [4.78, 5) is -0.291. The van der Waals surface area contributed by atoms with Crippen molar-refractivity contribution >= 4 is 9.84 Å². The highest BCUT2D eigenvalue weighted by molar-refractivity contribution is 7.92. The van der Waals surface area contributed by atoms with Gasteiger partial charge in [0.15, 0.2) is 9.84 Å². The SMILES string of the molecule is NC1CCC2C1CNC2S(=O)(=O)c1cccc(C(F)(F)F)c1. The van der Waals surface area contributed by atoms with Gasteiger partial charge in [0.05, 0.1) is 10.5 Å². The molecule has 1 saturated carbocycles. The fraction of sp³-hybridized carbons (Fsp3) is 0.571. The van der Waals surface area contributed by atoms with Gasteiger partial charge in [0.25, 0.3) is 0 Å². The van der Waals surface area contributed by atoms with Gasteiger partial charge >= 0.3 is 6.18 Å². The summed E-state index contributed by atoms with van der Waals surface area (Å²) in [6.07, 6.45) is -3.12. The molecule has 1 heterocycles. The second kappa shape index (κ2) is 5.21. The van der Waals surface area contributed by atoms with Gasteiger partial charge < -0.3 is 11.1 Å². The van der Waals surface area contributed by atoms with Gasteiger partial charge in [-0.1, -0.05) is 6.07 Å². The van der Waals surface area contributed by atoms with Gasteiger partial charge in [-0.05, 0) is 42.9 Å². The predicted octanol–water partition coefficient (Wildman–Crippen LogP) is 1.76. The van der Waals surface area contributed by atoms with Crippen LogP contribution in [-0.2, 0) is 16.0 Å². The van der Waals surface area contributed by atoms with Crippen molar-refractivity contribution in [1.29, 1.82) is 0 Å². The van der Waals surface area contributed by atoms with E-state index in [1.165, 1.54) is 6.07 Å². The zero-order valence-corrected chi connectivity index (χ0v) is 12.5. The first kappa shape index (κ1) is 15.8. The van der Waals surface area contributed by atoms with Crippen LogP contribution in [0.15, 0.2) is 29.2 Å². The van der Waals surface area contributed by atoms with Crippen LogP contribution in [0.3, 0.4) is 0 Å². The summed E-state index contributed by atoms with van der Waals surface area (Å²) in [5, 5.41) is 2.08. The highest BCUT2D eigenvalue weighted by atomic mass is 32.2. The van der Waals surface area contributed by atoms with E-state index < -0.39 is 27.0 Å². The lowest BCUT2D eigenvalue weighted by molar-refractivity contribution is -0.137. The average Bonchev–Trinajstić information content (AvgIpc) is 3.02. The predicted molar refractivity (Wildman–Crippen MR) is 74.6 cm³/mol. The molecule has 2 fully saturated rings. The number of alkyl halides is 3. The average molecular weight is 334 g/mol. The molecule has 1 aliphatic carbocycles. The number of hydrogen-bond donors (Lipinski definition) is 2. The topological polar surface area (TPSA) is 72.2 Å². The summed E-state index contributed by atoms with van der Waals surface area (Å²) in [6, 6.07) is 3.88. The van der Waals surface area contributed by atoms with Gasteiger partial charge in [0, 0.05) is 12.6 Å². The van der Waals surface area contributed by atoms with Crippen molar-refractivity contribution in [2.24, 2.45) is 17.6 Å². The minimum absolute atomic E-state index is 0.0424. The van der Waals surface area contributed by atoms with Crippen LogP contribution < -0.4 is 11.1 Å². The molecule has 0 aromatic heterocycles. The van der Waals surface area contributed by atoms with Crippen LogP contribution in [0.5, 0.6) is 0 Å². The first-order valence-electron chi connectivity index (χ1n) is 7.11. The third-order valence-corrected chi connectivity index (χ3v) is 6.80. The molecule has 1 aromatic rings. The molecule has 3 N–H and O–H groups in total. The highest BCUT2D eigenvalue weighted by Crippen LogP contribution is 2.41. The third-order valence-electron chi connectivity index (χ3n) is 4.70. The smallest absolute Gasteiger partial charge is 0.327 e. The van der Waals surface area contributed by atoms with Crippen molar-refractivity contribution in [3.63, 3.8) is 0 Å². The maximum absolute atomic E-state index is 12.8. The molecule has 4 atom stereocenters. The Morgan fingerprint density at radius 2 is 1.91 bits per heavy atom. The Morgan fingerprint density at radius 1 is 1.18 bits per heavy atom. The Bertz CT molecular complexity index is 675. The van der Waals surface area contributed by atoms with Crippen molar-refractivity contribution in [3.05, 3.63) is 29.8 Å². The number of halogens is 3. The molecule has 3 rings (SSSR count). The van der Waals surface area contributed by atoms with Crippen molar-refractivity contribution in [2.75, 3.05) is 6.54 Å². The van der Waals surface area contributed by atoms with Gasteiger partial charge in [-0.25, -0.2) is 8.42 Å². The molecule has 0 amide bonds. The first-order valence-corrected chi connectivity index (χ1v) is 8.66. The molecule has 4 unspecified atom stereocenters. The van der Waals surface area contributed by atoms with Crippen LogP contribution in [0.2, 0.25) is 0 Å². The molecular formula is C14H17F3N2O2S. The largest absolute Gasteiger partial charge is 0.416 e. The van der Waals surface area contributed by atoms with E-state index >= 15 is 0 Å². The zero-order valence-electron chi connectivity index (χ0n) is 11.7. The first-order chi connectivity index (χ1) is 10.2. The summed E-state index contributed by atoms with van der Waals surface area (Å²) in [6.45, 7) is 0.495. The molecule has 2 aliphatic rings. The summed E-state index contributed by atoms with van der Waals surface area (Å²) >= 11 is 0. The van der Waals surface area contributed by atoms with Crippen LogP contribution in [-0.4, -0.2) is 26.4 Å². The second-order valence-corrected chi connectivity index (χ2v) is 8.04. The van der Waals surface area contributed by atoms with Gasteiger partial charge in [0.1, 0.15) is 5.37 Å². The maximum atomic E-state index is 12.8. The lowest BCUT2D eigenvalue weighted by atomic mass is 9.98. The fourth-order valence-corrected chi connectivity index (χ4v) is 5.52. The van der Waals surface area contributed by atoms with Crippen LogP contribution in [0, 0.1) is 11.8 Å². The lowest BCUT2D eigenvalue weighted by Gasteiger charge is -2.19.